The van der Waals surface area contributed by atoms with E-state index in [1.165, 1.54) is 18.2 Å². The van der Waals surface area contributed by atoms with Gasteiger partial charge in [-0.2, -0.15) is 0 Å². The maximum Gasteiger partial charge on any atom is 0.283 e. The summed E-state index contributed by atoms with van der Waals surface area (Å²) < 4.78 is 0. The van der Waals surface area contributed by atoms with Crippen LogP contribution in [0.3, 0.4) is 0 Å². The highest BCUT2D eigenvalue weighted by molar-refractivity contribution is 6.31. The van der Waals surface area contributed by atoms with Crippen LogP contribution in [0.4, 0.5) is 5.69 Å². The van der Waals surface area contributed by atoms with Gasteiger partial charge in [-0.05, 0) is 12.1 Å². The Balaban J connectivity index is 0.00000180. The molecule has 0 radical (unpaired) electrons. The third kappa shape index (κ3) is 3.56. The summed E-state index contributed by atoms with van der Waals surface area (Å²) in [5.74, 6) is -0.320. The summed E-state index contributed by atoms with van der Waals surface area (Å²) in [5.41, 5.74) is -0.155. The van der Waals surface area contributed by atoms with E-state index in [2.05, 4.69) is 5.32 Å². The summed E-state index contributed by atoms with van der Waals surface area (Å²) in [6, 6.07) is 4.10. The van der Waals surface area contributed by atoms with Crippen molar-refractivity contribution in [2.45, 2.75) is 0 Å². The van der Waals surface area contributed by atoms with Gasteiger partial charge < -0.3 is 10.2 Å². The predicted molar refractivity (Wildman–Crippen MR) is 74.1 cm³/mol. The first-order chi connectivity index (χ1) is 8.59. The lowest BCUT2D eigenvalue weighted by molar-refractivity contribution is -0.385. The highest BCUT2D eigenvalue weighted by atomic mass is 35.5. The normalized spacial score (nSPS) is 14.7. The van der Waals surface area contributed by atoms with Crippen LogP contribution in [-0.4, -0.2) is 41.9 Å². The minimum Gasteiger partial charge on any atom is -0.336 e. The molecule has 0 bridgehead atoms. The Hall–Kier alpha value is -1.37. The number of nitro groups is 1. The van der Waals surface area contributed by atoms with Gasteiger partial charge in [0.15, 0.2) is 0 Å². The fourth-order valence-electron chi connectivity index (χ4n) is 1.87. The maximum atomic E-state index is 12.2. The number of nitro benzene ring substituents is 1. The standard InChI is InChI=1S/C11H12ClN3O3.ClH/c12-8-1-2-9(10(7-8)15(17)18)11(16)14-5-3-13-4-6-14;/h1-2,7,13H,3-6H2;1H. The number of carbonyl (C=O) groups excluding carboxylic acids is 1. The zero-order valence-corrected chi connectivity index (χ0v) is 11.5. The number of benzene rings is 1. The second-order valence-corrected chi connectivity index (χ2v) is 4.40. The highest BCUT2D eigenvalue weighted by Crippen LogP contribution is 2.24. The Bertz CT molecular complexity index is 490. The molecular formula is C11H13Cl2N3O3. The van der Waals surface area contributed by atoms with E-state index in [9.17, 15) is 14.9 Å². The van der Waals surface area contributed by atoms with Crippen molar-refractivity contribution in [1.82, 2.24) is 10.2 Å². The molecule has 1 aromatic carbocycles. The first-order valence-corrected chi connectivity index (χ1v) is 5.91. The summed E-state index contributed by atoms with van der Waals surface area (Å²) in [4.78, 5) is 24.1. The second kappa shape index (κ2) is 6.70. The molecule has 1 aliphatic heterocycles. The Morgan fingerprint density at radius 1 is 1.37 bits per heavy atom. The van der Waals surface area contributed by atoms with Gasteiger partial charge in [-0.15, -0.1) is 12.4 Å². The molecule has 8 heteroatoms. The molecule has 0 aliphatic carbocycles. The molecule has 104 valence electrons. The third-order valence-electron chi connectivity index (χ3n) is 2.79. The lowest BCUT2D eigenvalue weighted by Gasteiger charge is -2.27. The first kappa shape index (κ1) is 15.7. The Morgan fingerprint density at radius 2 is 2.00 bits per heavy atom. The fourth-order valence-corrected chi connectivity index (χ4v) is 2.04. The zero-order valence-electron chi connectivity index (χ0n) is 9.97. The molecule has 0 atom stereocenters. The van der Waals surface area contributed by atoms with Crippen LogP contribution in [0, 0.1) is 10.1 Å². The molecule has 1 aliphatic rings. The van der Waals surface area contributed by atoms with E-state index in [1.54, 1.807) is 4.90 Å². The maximum absolute atomic E-state index is 12.2. The molecule has 0 aromatic heterocycles. The fraction of sp³-hybridized carbons (Fsp3) is 0.364. The largest absolute Gasteiger partial charge is 0.336 e. The molecule has 0 spiro atoms. The van der Waals surface area contributed by atoms with Gasteiger partial charge in [-0.25, -0.2) is 0 Å². The predicted octanol–water partition coefficient (Wildman–Crippen LogP) is 1.72. The number of hydrogen-bond acceptors (Lipinski definition) is 4. The number of halogens is 2. The van der Waals surface area contributed by atoms with Gasteiger partial charge in [0.25, 0.3) is 11.6 Å². The van der Waals surface area contributed by atoms with Crippen LogP contribution in [0.2, 0.25) is 5.02 Å². The van der Waals surface area contributed by atoms with Gasteiger partial charge in [0.2, 0.25) is 0 Å². The quantitative estimate of drug-likeness (QED) is 0.667. The van der Waals surface area contributed by atoms with Crippen LogP contribution >= 0.6 is 24.0 Å². The van der Waals surface area contributed by atoms with Crippen molar-refractivity contribution in [3.63, 3.8) is 0 Å². The van der Waals surface area contributed by atoms with E-state index in [0.29, 0.717) is 26.2 Å². The lowest BCUT2D eigenvalue weighted by Crippen LogP contribution is -2.46. The van der Waals surface area contributed by atoms with E-state index >= 15 is 0 Å². The number of nitrogens with zero attached hydrogens (tertiary/aromatic N) is 2. The molecule has 0 unspecified atom stereocenters. The van der Waals surface area contributed by atoms with Gasteiger partial charge in [0.1, 0.15) is 5.56 Å². The number of amides is 1. The van der Waals surface area contributed by atoms with Crippen molar-refractivity contribution >= 4 is 35.6 Å². The average Bonchev–Trinajstić information content (AvgIpc) is 2.39. The molecule has 0 saturated carbocycles. The molecule has 1 saturated heterocycles. The van der Waals surface area contributed by atoms with Gasteiger partial charge >= 0.3 is 0 Å². The summed E-state index contributed by atoms with van der Waals surface area (Å²) in [6.07, 6.45) is 0. The lowest BCUT2D eigenvalue weighted by atomic mass is 10.1. The number of piperazine rings is 1. The molecule has 1 aromatic rings. The molecule has 1 amide bonds. The van der Waals surface area contributed by atoms with Crippen LogP contribution < -0.4 is 5.32 Å². The van der Waals surface area contributed by atoms with Gasteiger partial charge in [0.05, 0.1) is 4.92 Å². The van der Waals surface area contributed by atoms with Crippen molar-refractivity contribution in [2.24, 2.45) is 0 Å². The van der Waals surface area contributed by atoms with Crippen molar-refractivity contribution < 1.29 is 9.72 Å². The molecule has 19 heavy (non-hydrogen) atoms. The Kier molecular flexibility index (Phi) is 5.53. The SMILES string of the molecule is Cl.O=C(c1ccc(Cl)cc1[N+](=O)[O-])N1CCNCC1. The van der Waals surface area contributed by atoms with Crippen molar-refractivity contribution in [3.05, 3.63) is 38.9 Å². The number of nitrogens with one attached hydrogen (secondary N) is 1. The summed E-state index contributed by atoms with van der Waals surface area (Å²) in [7, 11) is 0. The van der Waals surface area contributed by atoms with Gasteiger partial charge in [-0.3, -0.25) is 14.9 Å². The van der Waals surface area contributed by atoms with E-state index in [-0.39, 0.29) is 34.6 Å². The van der Waals surface area contributed by atoms with Gasteiger partial charge in [-0.1, -0.05) is 11.6 Å². The topological polar surface area (TPSA) is 75.5 Å². The minimum absolute atomic E-state index is 0. The van der Waals surface area contributed by atoms with Crippen LogP contribution in [0.1, 0.15) is 10.4 Å². The highest BCUT2D eigenvalue weighted by Gasteiger charge is 2.25. The van der Waals surface area contributed by atoms with Crippen molar-refractivity contribution in [3.8, 4) is 0 Å². The third-order valence-corrected chi connectivity index (χ3v) is 3.03. The smallest absolute Gasteiger partial charge is 0.283 e. The van der Waals surface area contributed by atoms with E-state index < -0.39 is 4.92 Å². The molecular weight excluding hydrogens is 293 g/mol. The van der Waals surface area contributed by atoms with E-state index in [0.717, 1.165) is 0 Å². The zero-order chi connectivity index (χ0) is 13.1. The summed E-state index contributed by atoms with van der Waals surface area (Å²) >= 11 is 5.71. The first-order valence-electron chi connectivity index (χ1n) is 5.53. The number of carbonyl (C=O) groups is 1. The molecule has 1 heterocycles. The molecule has 1 fully saturated rings. The second-order valence-electron chi connectivity index (χ2n) is 3.96. The molecule has 6 nitrogen and oxygen atoms in total. The minimum atomic E-state index is -0.582. The van der Waals surface area contributed by atoms with Crippen LogP contribution in [-0.2, 0) is 0 Å². The number of rotatable bonds is 2. The van der Waals surface area contributed by atoms with Crippen molar-refractivity contribution in [2.75, 3.05) is 26.2 Å². The van der Waals surface area contributed by atoms with Crippen LogP contribution in [0.25, 0.3) is 0 Å². The van der Waals surface area contributed by atoms with Crippen molar-refractivity contribution in [1.29, 1.82) is 0 Å². The van der Waals surface area contributed by atoms with Crippen LogP contribution in [0.5, 0.6) is 0 Å². The van der Waals surface area contributed by atoms with E-state index in [4.69, 9.17) is 11.6 Å². The number of hydrogen-bond donors (Lipinski definition) is 1. The average molecular weight is 306 g/mol. The summed E-state index contributed by atoms with van der Waals surface area (Å²) in [5, 5.41) is 14.3. The molecule has 2 rings (SSSR count). The summed E-state index contributed by atoms with van der Waals surface area (Å²) in [6.45, 7) is 2.51. The van der Waals surface area contributed by atoms with Gasteiger partial charge in [0, 0.05) is 37.3 Å². The van der Waals surface area contributed by atoms with Crippen LogP contribution in [0.15, 0.2) is 18.2 Å². The molecule has 1 N–H and O–H groups in total. The Morgan fingerprint density at radius 3 is 2.58 bits per heavy atom. The van der Waals surface area contributed by atoms with E-state index in [1.807, 2.05) is 0 Å². The Labute approximate surface area is 121 Å². The monoisotopic (exact) mass is 305 g/mol.